The lowest BCUT2D eigenvalue weighted by Gasteiger charge is -2.34. The highest BCUT2D eigenvalue weighted by Crippen LogP contribution is 2.39. The molecule has 2 atom stereocenters. The first-order valence-electron chi connectivity index (χ1n) is 7.50. The predicted molar refractivity (Wildman–Crippen MR) is 80.7 cm³/mol. The van der Waals surface area contributed by atoms with E-state index in [1.807, 2.05) is 17.6 Å². The van der Waals surface area contributed by atoms with Gasteiger partial charge in [0, 0.05) is 16.8 Å². The minimum Gasteiger partial charge on any atom is -0.501 e. The Bertz CT molecular complexity index is 451. The van der Waals surface area contributed by atoms with Crippen molar-refractivity contribution in [3.8, 4) is 0 Å². The fourth-order valence-electron chi connectivity index (χ4n) is 3.43. The van der Waals surface area contributed by atoms with Gasteiger partial charge in [-0.25, -0.2) is 0 Å². The molecule has 3 heteroatoms. The summed E-state index contributed by atoms with van der Waals surface area (Å²) in [6.45, 7) is 4.11. The second kappa shape index (κ2) is 6.10. The standard InChI is InChI=1S/C16H23NOS/c1-2-17-16(12-5-4-9-18-11-12)14-6-3-7-15-13(14)8-10-19-15/h8,10-11,14,16-17H,2-7,9H2,1H3. The Kier molecular flexibility index (Phi) is 4.24. The van der Waals surface area contributed by atoms with Crippen LogP contribution < -0.4 is 5.32 Å². The van der Waals surface area contributed by atoms with Gasteiger partial charge in [-0.1, -0.05) is 6.92 Å². The van der Waals surface area contributed by atoms with Gasteiger partial charge in [-0.3, -0.25) is 0 Å². The molecule has 0 fully saturated rings. The van der Waals surface area contributed by atoms with Gasteiger partial charge < -0.3 is 10.1 Å². The van der Waals surface area contributed by atoms with Crippen molar-refractivity contribution in [2.75, 3.05) is 13.2 Å². The van der Waals surface area contributed by atoms with Crippen LogP contribution in [0, 0.1) is 0 Å². The minimum atomic E-state index is 0.471. The molecule has 1 aliphatic heterocycles. The quantitative estimate of drug-likeness (QED) is 0.903. The van der Waals surface area contributed by atoms with Crippen LogP contribution in [0.3, 0.4) is 0 Å². The van der Waals surface area contributed by atoms with Gasteiger partial charge >= 0.3 is 0 Å². The number of likely N-dealkylation sites (N-methyl/N-ethyl adjacent to an activating group) is 1. The van der Waals surface area contributed by atoms with Crippen molar-refractivity contribution in [1.29, 1.82) is 0 Å². The van der Waals surface area contributed by atoms with E-state index in [1.165, 1.54) is 31.3 Å². The molecule has 0 saturated carbocycles. The fourth-order valence-corrected chi connectivity index (χ4v) is 4.43. The fraction of sp³-hybridized carbons (Fsp3) is 0.625. The molecule has 0 radical (unpaired) electrons. The first kappa shape index (κ1) is 13.2. The largest absolute Gasteiger partial charge is 0.501 e. The van der Waals surface area contributed by atoms with Crippen LogP contribution in [-0.4, -0.2) is 19.2 Å². The number of rotatable bonds is 4. The van der Waals surface area contributed by atoms with E-state index in [0.29, 0.717) is 12.0 Å². The van der Waals surface area contributed by atoms with Crippen molar-refractivity contribution >= 4 is 11.3 Å². The van der Waals surface area contributed by atoms with Crippen molar-refractivity contribution < 1.29 is 4.74 Å². The third kappa shape index (κ3) is 2.72. The zero-order valence-electron chi connectivity index (χ0n) is 11.7. The van der Waals surface area contributed by atoms with Crippen LogP contribution in [-0.2, 0) is 11.2 Å². The van der Waals surface area contributed by atoms with Crippen molar-refractivity contribution in [1.82, 2.24) is 5.32 Å². The summed E-state index contributed by atoms with van der Waals surface area (Å²) in [7, 11) is 0. The Morgan fingerprint density at radius 1 is 1.42 bits per heavy atom. The number of nitrogens with one attached hydrogen (secondary N) is 1. The topological polar surface area (TPSA) is 21.3 Å². The first-order valence-corrected chi connectivity index (χ1v) is 8.38. The number of ether oxygens (including phenoxy) is 1. The van der Waals surface area contributed by atoms with E-state index in [4.69, 9.17) is 4.74 Å². The van der Waals surface area contributed by atoms with Crippen LogP contribution in [0.5, 0.6) is 0 Å². The molecule has 0 bridgehead atoms. The maximum atomic E-state index is 5.57. The van der Waals surface area contributed by atoms with Gasteiger partial charge in [-0.2, -0.15) is 0 Å². The van der Waals surface area contributed by atoms with Crippen molar-refractivity contribution in [2.24, 2.45) is 0 Å². The molecule has 2 heterocycles. The normalized spacial score (nSPS) is 24.3. The smallest absolute Gasteiger partial charge is 0.0876 e. The van der Waals surface area contributed by atoms with E-state index in [0.717, 1.165) is 19.6 Å². The molecule has 19 heavy (non-hydrogen) atoms. The molecular weight excluding hydrogens is 254 g/mol. The molecule has 2 unspecified atom stereocenters. The molecule has 1 aliphatic carbocycles. The van der Waals surface area contributed by atoms with Crippen LogP contribution in [0.2, 0.25) is 0 Å². The second-order valence-corrected chi connectivity index (χ2v) is 6.50. The molecule has 1 aromatic heterocycles. The van der Waals surface area contributed by atoms with Gasteiger partial charge in [0.25, 0.3) is 0 Å². The van der Waals surface area contributed by atoms with Crippen LogP contribution in [0.4, 0.5) is 0 Å². The average Bonchev–Trinajstić information content (AvgIpc) is 2.94. The minimum absolute atomic E-state index is 0.471. The summed E-state index contributed by atoms with van der Waals surface area (Å²) in [5, 5.41) is 5.97. The van der Waals surface area contributed by atoms with Gasteiger partial charge in [-0.15, -0.1) is 11.3 Å². The van der Waals surface area contributed by atoms with Gasteiger partial charge in [0.2, 0.25) is 0 Å². The summed E-state index contributed by atoms with van der Waals surface area (Å²) in [6, 6.07) is 2.82. The van der Waals surface area contributed by atoms with E-state index >= 15 is 0 Å². The second-order valence-electron chi connectivity index (χ2n) is 5.50. The molecule has 3 rings (SSSR count). The Hall–Kier alpha value is -0.800. The van der Waals surface area contributed by atoms with Gasteiger partial charge in [0.05, 0.1) is 12.9 Å². The molecular formula is C16H23NOS. The van der Waals surface area contributed by atoms with Crippen molar-refractivity contribution in [3.05, 3.63) is 33.7 Å². The maximum absolute atomic E-state index is 5.57. The number of hydrogen-bond acceptors (Lipinski definition) is 3. The van der Waals surface area contributed by atoms with Gasteiger partial charge in [0.15, 0.2) is 0 Å². The van der Waals surface area contributed by atoms with Crippen LogP contribution in [0.25, 0.3) is 0 Å². The maximum Gasteiger partial charge on any atom is 0.0876 e. The lowest BCUT2D eigenvalue weighted by molar-refractivity contribution is 0.216. The number of fused-ring (bicyclic) bond motifs is 1. The summed E-state index contributed by atoms with van der Waals surface area (Å²) < 4.78 is 5.57. The molecule has 104 valence electrons. The molecule has 0 saturated heterocycles. The lowest BCUT2D eigenvalue weighted by atomic mass is 9.79. The van der Waals surface area contributed by atoms with Crippen LogP contribution >= 0.6 is 11.3 Å². The van der Waals surface area contributed by atoms with Crippen LogP contribution in [0.1, 0.15) is 49.0 Å². The molecule has 2 nitrogen and oxygen atoms in total. The van der Waals surface area contributed by atoms with E-state index in [9.17, 15) is 0 Å². The Labute approximate surface area is 119 Å². The number of aryl methyl sites for hydroxylation is 1. The summed E-state index contributed by atoms with van der Waals surface area (Å²) in [5.41, 5.74) is 3.06. The SMILES string of the molecule is CCNC(C1=COCCC1)C1CCCc2sccc21. The average molecular weight is 277 g/mol. The first-order chi connectivity index (χ1) is 9.40. The third-order valence-electron chi connectivity index (χ3n) is 4.29. The summed E-state index contributed by atoms with van der Waals surface area (Å²) >= 11 is 1.93. The predicted octanol–water partition coefficient (Wildman–Crippen LogP) is 3.84. The highest BCUT2D eigenvalue weighted by molar-refractivity contribution is 7.10. The molecule has 1 aromatic rings. The Morgan fingerprint density at radius 3 is 3.16 bits per heavy atom. The lowest BCUT2D eigenvalue weighted by Crippen LogP contribution is -2.38. The zero-order valence-corrected chi connectivity index (χ0v) is 12.5. The Balaban J connectivity index is 1.87. The molecule has 0 aromatic carbocycles. The third-order valence-corrected chi connectivity index (χ3v) is 5.28. The highest BCUT2D eigenvalue weighted by atomic mass is 32.1. The summed E-state index contributed by atoms with van der Waals surface area (Å²) in [6.07, 6.45) is 8.28. The van der Waals surface area contributed by atoms with Gasteiger partial charge in [0.1, 0.15) is 0 Å². The van der Waals surface area contributed by atoms with Crippen molar-refractivity contribution in [2.45, 2.75) is 51.0 Å². The zero-order chi connectivity index (χ0) is 13.1. The van der Waals surface area contributed by atoms with E-state index in [2.05, 4.69) is 23.7 Å². The summed E-state index contributed by atoms with van der Waals surface area (Å²) in [4.78, 5) is 1.61. The van der Waals surface area contributed by atoms with Gasteiger partial charge in [-0.05, 0) is 61.2 Å². The van der Waals surface area contributed by atoms with Crippen molar-refractivity contribution in [3.63, 3.8) is 0 Å². The Morgan fingerprint density at radius 2 is 2.37 bits per heavy atom. The molecule has 0 spiro atoms. The summed E-state index contributed by atoms with van der Waals surface area (Å²) in [5.74, 6) is 0.642. The highest BCUT2D eigenvalue weighted by Gasteiger charge is 2.31. The van der Waals surface area contributed by atoms with Crippen LogP contribution in [0.15, 0.2) is 23.3 Å². The number of thiophene rings is 1. The number of hydrogen-bond donors (Lipinski definition) is 1. The molecule has 0 amide bonds. The molecule has 2 aliphatic rings. The van der Waals surface area contributed by atoms with E-state index in [-0.39, 0.29) is 0 Å². The molecule has 1 N–H and O–H groups in total. The van der Waals surface area contributed by atoms with E-state index < -0.39 is 0 Å². The van der Waals surface area contributed by atoms with E-state index in [1.54, 1.807) is 10.4 Å². The monoisotopic (exact) mass is 277 g/mol.